The first-order chi connectivity index (χ1) is 14.5. The van der Waals surface area contributed by atoms with Crippen LogP contribution < -0.4 is 9.47 Å². The molecule has 0 aliphatic carbocycles. The zero-order valence-electron chi connectivity index (χ0n) is 16.8. The number of carbonyl (C=O) groups is 1. The number of ether oxygens (including phenoxy) is 3. The second-order valence-corrected chi connectivity index (χ2v) is 7.47. The Hall–Kier alpha value is -2.61. The van der Waals surface area contributed by atoms with Crippen LogP contribution in [0.2, 0.25) is 0 Å². The van der Waals surface area contributed by atoms with Gasteiger partial charge in [0, 0.05) is 19.6 Å². The molecule has 0 spiro atoms. The molecule has 1 fully saturated rings. The number of benzene rings is 2. The Kier molecular flexibility index (Phi) is 7.68. The molecule has 30 heavy (non-hydrogen) atoms. The van der Waals surface area contributed by atoms with Crippen LogP contribution in [0.4, 0.5) is 0 Å². The number of aliphatic carboxylic acids is 1. The minimum Gasteiger partial charge on any atom is -0.491 e. The van der Waals surface area contributed by atoms with Crippen LogP contribution in [0.5, 0.6) is 11.5 Å². The van der Waals surface area contributed by atoms with Gasteiger partial charge in [-0.25, -0.2) is 4.79 Å². The summed E-state index contributed by atoms with van der Waals surface area (Å²) < 4.78 is 16.8. The van der Waals surface area contributed by atoms with Crippen molar-refractivity contribution in [3.05, 3.63) is 59.7 Å². The van der Waals surface area contributed by atoms with Crippen molar-refractivity contribution in [2.45, 2.75) is 37.4 Å². The van der Waals surface area contributed by atoms with E-state index in [4.69, 9.17) is 19.3 Å². The fourth-order valence-corrected chi connectivity index (χ4v) is 3.51. The lowest BCUT2D eigenvalue weighted by molar-refractivity contribution is -0.159. The highest BCUT2D eigenvalue weighted by Gasteiger charge is 2.42. The van der Waals surface area contributed by atoms with Crippen molar-refractivity contribution in [2.24, 2.45) is 0 Å². The smallest absolute Gasteiger partial charge is 0.336 e. The Morgan fingerprint density at radius 2 is 1.70 bits per heavy atom. The quantitative estimate of drug-likeness (QED) is 0.516. The second-order valence-electron chi connectivity index (χ2n) is 7.47. The van der Waals surface area contributed by atoms with Crippen molar-refractivity contribution >= 4 is 5.97 Å². The molecule has 0 radical (unpaired) electrons. The molecule has 3 rings (SSSR count). The van der Waals surface area contributed by atoms with Gasteiger partial charge in [-0.15, -0.1) is 0 Å². The van der Waals surface area contributed by atoms with Crippen LogP contribution >= 0.6 is 0 Å². The van der Waals surface area contributed by atoms with Crippen LogP contribution in [0.3, 0.4) is 0 Å². The number of rotatable bonds is 11. The van der Waals surface area contributed by atoms with E-state index in [1.54, 1.807) is 24.3 Å². The summed E-state index contributed by atoms with van der Waals surface area (Å²) in [7, 11) is 0. The number of hydrogen-bond acceptors (Lipinski definition) is 6. The normalized spacial score (nSPS) is 19.4. The third-order valence-electron chi connectivity index (χ3n) is 5.06. The monoisotopic (exact) mass is 416 g/mol. The minimum atomic E-state index is -1.17. The first-order valence-electron chi connectivity index (χ1n) is 10.1. The molecule has 0 amide bonds. The Labute approximate surface area is 175 Å². The summed E-state index contributed by atoms with van der Waals surface area (Å²) in [4.78, 5) is 11.7. The molecule has 2 unspecified atom stereocenters. The van der Waals surface area contributed by atoms with Gasteiger partial charge in [0.2, 0.25) is 0 Å². The lowest BCUT2D eigenvalue weighted by Crippen LogP contribution is -2.40. The van der Waals surface area contributed by atoms with Crippen LogP contribution in [-0.2, 0) is 22.4 Å². The molecule has 1 saturated heterocycles. The van der Waals surface area contributed by atoms with Gasteiger partial charge < -0.3 is 29.5 Å². The zero-order valence-corrected chi connectivity index (χ0v) is 16.8. The zero-order chi connectivity index (χ0) is 21.4. The summed E-state index contributed by atoms with van der Waals surface area (Å²) in [5, 5.41) is 28.7. The first kappa shape index (κ1) is 22.1. The van der Waals surface area contributed by atoms with Crippen LogP contribution in [0, 0.1) is 0 Å². The Morgan fingerprint density at radius 1 is 1.07 bits per heavy atom. The van der Waals surface area contributed by atoms with Crippen molar-refractivity contribution in [1.29, 1.82) is 0 Å². The van der Waals surface area contributed by atoms with Gasteiger partial charge in [-0.2, -0.15) is 0 Å². The molecule has 1 aliphatic heterocycles. The summed E-state index contributed by atoms with van der Waals surface area (Å²) in [6.45, 7) is 0.634. The number of hydrogen-bond donors (Lipinski definition) is 3. The molecule has 162 valence electrons. The van der Waals surface area contributed by atoms with Gasteiger partial charge in [0.15, 0.2) is 5.60 Å². The van der Waals surface area contributed by atoms with Gasteiger partial charge in [-0.3, -0.25) is 0 Å². The van der Waals surface area contributed by atoms with Crippen LogP contribution in [0.15, 0.2) is 48.5 Å². The number of carboxylic acid groups (broad SMARTS) is 1. The van der Waals surface area contributed by atoms with Gasteiger partial charge in [-0.05, 0) is 54.7 Å². The molecular weight excluding hydrogens is 388 g/mol. The average molecular weight is 416 g/mol. The molecule has 0 bridgehead atoms. The molecule has 7 heteroatoms. The standard InChI is InChI=1S/C23H28O7/c24-10-8-17-4-1-6-20(12-17)28-15-19(25)16-29-21-7-2-5-18(13-21)14-23(22(26)27)9-3-11-30-23/h1-2,4-7,12-13,19,24-25H,3,8-11,14-16H2,(H,26,27). The molecule has 7 nitrogen and oxygen atoms in total. The Balaban J connectivity index is 1.50. The van der Waals surface area contributed by atoms with E-state index >= 15 is 0 Å². The summed E-state index contributed by atoms with van der Waals surface area (Å²) in [6.07, 6.45) is 1.21. The Bertz CT molecular complexity index is 830. The first-order valence-corrected chi connectivity index (χ1v) is 10.1. The SMILES string of the molecule is O=C(O)C1(Cc2cccc(OCC(O)COc3cccc(CCO)c3)c2)CCCO1. The van der Waals surface area contributed by atoms with Crippen LogP contribution in [0.25, 0.3) is 0 Å². The highest BCUT2D eigenvalue weighted by Crippen LogP contribution is 2.31. The van der Waals surface area contributed by atoms with Crippen molar-refractivity contribution < 1.29 is 34.3 Å². The van der Waals surface area contributed by atoms with Gasteiger partial charge >= 0.3 is 5.97 Å². The Morgan fingerprint density at radius 3 is 2.27 bits per heavy atom. The molecular formula is C23H28O7. The van der Waals surface area contributed by atoms with Gasteiger partial charge in [0.05, 0.1) is 0 Å². The number of carboxylic acids is 1. The van der Waals surface area contributed by atoms with E-state index in [0.29, 0.717) is 30.9 Å². The van der Waals surface area contributed by atoms with E-state index in [1.807, 2.05) is 24.3 Å². The predicted molar refractivity (Wildman–Crippen MR) is 110 cm³/mol. The lowest BCUT2D eigenvalue weighted by atomic mass is 9.91. The molecule has 1 heterocycles. The molecule has 0 saturated carbocycles. The largest absolute Gasteiger partial charge is 0.491 e. The van der Waals surface area contributed by atoms with Crippen LogP contribution in [-0.4, -0.2) is 59.4 Å². The average Bonchev–Trinajstić information content (AvgIpc) is 3.21. The minimum absolute atomic E-state index is 0.0420. The summed E-state index contributed by atoms with van der Waals surface area (Å²) in [5.74, 6) is 0.231. The van der Waals surface area contributed by atoms with Crippen molar-refractivity contribution in [2.75, 3.05) is 26.4 Å². The highest BCUT2D eigenvalue weighted by molar-refractivity contribution is 5.78. The van der Waals surface area contributed by atoms with E-state index in [9.17, 15) is 15.0 Å². The maximum absolute atomic E-state index is 11.7. The summed E-state index contributed by atoms with van der Waals surface area (Å²) >= 11 is 0. The summed E-state index contributed by atoms with van der Waals surface area (Å²) in [5.41, 5.74) is 0.600. The topological polar surface area (TPSA) is 105 Å². The fraction of sp³-hybridized carbons (Fsp3) is 0.435. The lowest BCUT2D eigenvalue weighted by Gasteiger charge is -2.23. The van der Waals surface area contributed by atoms with Gasteiger partial charge in [0.1, 0.15) is 30.8 Å². The molecule has 2 atom stereocenters. The number of aliphatic hydroxyl groups is 2. The van der Waals surface area contributed by atoms with E-state index in [2.05, 4.69) is 0 Å². The highest BCUT2D eigenvalue weighted by atomic mass is 16.5. The van der Waals surface area contributed by atoms with Gasteiger partial charge in [0.25, 0.3) is 0 Å². The maximum atomic E-state index is 11.7. The molecule has 0 aromatic heterocycles. The maximum Gasteiger partial charge on any atom is 0.336 e. The van der Waals surface area contributed by atoms with Crippen LogP contribution in [0.1, 0.15) is 24.0 Å². The van der Waals surface area contributed by atoms with Crippen molar-refractivity contribution in [1.82, 2.24) is 0 Å². The molecule has 2 aromatic rings. The van der Waals surface area contributed by atoms with E-state index in [1.165, 1.54) is 0 Å². The van der Waals surface area contributed by atoms with Gasteiger partial charge in [-0.1, -0.05) is 24.3 Å². The molecule has 2 aromatic carbocycles. The third kappa shape index (κ3) is 5.95. The fourth-order valence-electron chi connectivity index (χ4n) is 3.51. The van der Waals surface area contributed by atoms with E-state index in [0.717, 1.165) is 17.5 Å². The third-order valence-corrected chi connectivity index (χ3v) is 5.06. The van der Waals surface area contributed by atoms with E-state index < -0.39 is 17.7 Å². The number of aliphatic hydroxyl groups excluding tert-OH is 2. The van der Waals surface area contributed by atoms with Crippen molar-refractivity contribution in [3.63, 3.8) is 0 Å². The second kappa shape index (κ2) is 10.4. The molecule has 1 aliphatic rings. The van der Waals surface area contributed by atoms with E-state index in [-0.39, 0.29) is 26.2 Å². The predicted octanol–water partition coefficient (Wildman–Crippen LogP) is 2.22. The van der Waals surface area contributed by atoms with Crippen molar-refractivity contribution in [3.8, 4) is 11.5 Å². The molecule has 3 N–H and O–H groups in total. The summed E-state index contributed by atoms with van der Waals surface area (Å²) in [6, 6.07) is 14.5.